The Morgan fingerprint density at radius 3 is 2.33 bits per heavy atom. The van der Waals surface area contributed by atoms with E-state index in [1.54, 1.807) is 0 Å². The van der Waals surface area contributed by atoms with Gasteiger partial charge in [0.25, 0.3) is 0 Å². The van der Waals surface area contributed by atoms with Gasteiger partial charge in [-0.05, 0) is 37.5 Å². The Morgan fingerprint density at radius 1 is 1.42 bits per heavy atom. The Morgan fingerprint density at radius 2 is 2.00 bits per heavy atom. The lowest BCUT2D eigenvalue weighted by Crippen LogP contribution is -2.49. The van der Waals surface area contributed by atoms with Gasteiger partial charge in [-0.15, -0.1) is 0 Å². The lowest BCUT2D eigenvalue weighted by Gasteiger charge is -2.44. The zero-order valence-electron chi connectivity index (χ0n) is 7.12. The molecule has 2 fully saturated rings. The van der Waals surface area contributed by atoms with Crippen LogP contribution in [-0.4, -0.2) is 17.6 Å². The molecular formula is C9H15NO2. The standard InChI is InChI=1S/C9H15NO2/c10-5-9(8(11)12)3-7(4-9)6-1-2-6/h6-7H,1-5,10H2,(H,11,12). The van der Waals surface area contributed by atoms with Gasteiger partial charge in [0.1, 0.15) is 0 Å². The minimum Gasteiger partial charge on any atom is -0.481 e. The fourth-order valence-electron chi connectivity index (χ4n) is 2.27. The van der Waals surface area contributed by atoms with Crippen LogP contribution in [0.4, 0.5) is 0 Å². The molecule has 3 nitrogen and oxygen atoms in total. The van der Waals surface area contributed by atoms with Crippen molar-refractivity contribution in [3.8, 4) is 0 Å². The van der Waals surface area contributed by atoms with Crippen molar-refractivity contribution < 1.29 is 9.90 Å². The van der Waals surface area contributed by atoms with Crippen LogP contribution >= 0.6 is 0 Å². The molecule has 0 aromatic carbocycles. The molecule has 0 aromatic heterocycles. The van der Waals surface area contributed by atoms with E-state index in [4.69, 9.17) is 10.8 Å². The van der Waals surface area contributed by atoms with Crippen LogP contribution in [0, 0.1) is 17.3 Å². The average molecular weight is 169 g/mol. The number of carboxylic acid groups (broad SMARTS) is 1. The quantitative estimate of drug-likeness (QED) is 0.658. The van der Waals surface area contributed by atoms with Gasteiger partial charge in [0.05, 0.1) is 5.41 Å². The van der Waals surface area contributed by atoms with Crippen molar-refractivity contribution in [1.82, 2.24) is 0 Å². The SMILES string of the molecule is NCC1(C(=O)O)CC(C2CC2)C1. The number of rotatable bonds is 3. The van der Waals surface area contributed by atoms with Crippen LogP contribution < -0.4 is 5.73 Å². The predicted molar refractivity (Wildman–Crippen MR) is 44.6 cm³/mol. The van der Waals surface area contributed by atoms with Crippen LogP contribution in [0.2, 0.25) is 0 Å². The smallest absolute Gasteiger partial charge is 0.310 e. The summed E-state index contributed by atoms with van der Waals surface area (Å²) in [6.07, 6.45) is 4.27. The number of hydrogen-bond acceptors (Lipinski definition) is 2. The first-order chi connectivity index (χ1) is 5.68. The van der Waals surface area contributed by atoms with E-state index in [0.29, 0.717) is 12.5 Å². The summed E-state index contributed by atoms with van der Waals surface area (Å²) in [5.41, 5.74) is 4.92. The fourth-order valence-corrected chi connectivity index (χ4v) is 2.27. The van der Waals surface area contributed by atoms with Crippen molar-refractivity contribution in [3.63, 3.8) is 0 Å². The maximum absolute atomic E-state index is 10.8. The molecule has 2 rings (SSSR count). The first kappa shape index (κ1) is 8.05. The molecule has 3 heteroatoms. The number of aliphatic carboxylic acids is 1. The number of carboxylic acids is 1. The third kappa shape index (κ3) is 1.04. The molecule has 0 unspecified atom stereocenters. The van der Waals surface area contributed by atoms with Gasteiger partial charge in [-0.3, -0.25) is 4.79 Å². The molecule has 0 bridgehead atoms. The van der Waals surface area contributed by atoms with Gasteiger partial charge in [-0.25, -0.2) is 0 Å². The van der Waals surface area contributed by atoms with Crippen molar-refractivity contribution in [1.29, 1.82) is 0 Å². The highest BCUT2D eigenvalue weighted by atomic mass is 16.4. The zero-order chi connectivity index (χ0) is 8.77. The molecular weight excluding hydrogens is 154 g/mol. The molecule has 0 amide bonds. The largest absolute Gasteiger partial charge is 0.481 e. The number of carbonyl (C=O) groups is 1. The van der Waals surface area contributed by atoms with Gasteiger partial charge in [0.15, 0.2) is 0 Å². The third-order valence-corrected chi connectivity index (χ3v) is 3.44. The molecule has 0 saturated heterocycles. The van der Waals surface area contributed by atoms with E-state index in [9.17, 15) is 4.79 Å². The molecule has 2 aliphatic rings. The highest BCUT2D eigenvalue weighted by molar-refractivity contribution is 5.76. The summed E-state index contributed by atoms with van der Waals surface area (Å²) in [6.45, 7) is 0.311. The number of nitrogens with two attached hydrogens (primary N) is 1. The monoisotopic (exact) mass is 169 g/mol. The molecule has 0 spiro atoms. The van der Waals surface area contributed by atoms with E-state index in [0.717, 1.165) is 18.8 Å². The van der Waals surface area contributed by atoms with Crippen molar-refractivity contribution in [3.05, 3.63) is 0 Å². The maximum atomic E-state index is 10.8. The van der Waals surface area contributed by atoms with E-state index < -0.39 is 11.4 Å². The van der Waals surface area contributed by atoms with Crippen LogP contribution in [0.25, 0.3) is 0 Å². The molecule has 2 saturated carbocycles. The highest BCUT2D eigenvalue weighted by Gasteiger charge is 2.53. The fraction of sp³-hybridized carbons (Fsp3) is 0.889. The Bertz CT molecular complexity index is 205. The van der Waals surface area contributed by atoms with Gasteiger partial charge < -0.3 is 10.8 Å². The second-order valence-electron chi connectivity index (χ2n) is 4.30. The normalized spacial score (nSPS) is 40.6. The predicted octanol–water partition coefficient (Wildman–Crippen LogP) is 0.836. The Labute approximate surface area is 71.9 Å². The first-order valence-corrected chi connectivity index (χ1v) is 4.61. The summed E-state index contributed by atoms with van der Waals surface area (Å²) in [4.78, 5) is 10.8. The summed E-state index contributed by atoms with van der Waals surface area (Å²) in [6, 6.07) is 0. The maximum Gasteiger partial charge on any atom is 0.310 e. The van der Waals surface area contributed by atoms with Crippen LogP contribution in [-0.2, 0) is 4.79 Å². The summed E-state index contributed by atoms with van der Waals surface area (Å²) in [5, 5.41) is 8.92. The van der Waals surface area contributed by atoms with E-state index >= 15 is 0 Å². The van der Waals surface area contributed by atoms with Crippen LogP contribution in [0.3, 0.4) is 0 Å². The third-order valence-electron chi connectivity index (χ3n) is 3.44. The first-order valence-electron chi connectivity index (χ1n) is 4.61. The lowest BCUT2D eigenvalue weighted by molar-refractivity contribution is -0.157. The second-order valence-corrected chi connectivity index (χ2v) is 4.30. The van der Waals surface area contributed by atoms with Gasteiger partial charge in [-0.1, -0.05) is 0 Å². The molecule has 0 atom stereocenters. The minimum absolute atomic E-state index is 0.311. The van der Waals surface area contributed by atoms with Gasteiger partial charge in [0.2, 0.25) is 0 Å². The Kier molecular flexibility index (Phi) is 1.65. The van der Waals surface area contributed by atoms with Crippen molar-refractivity contribution in [2.75, 3.05) is 6.54 Å². The van der Waals surface area contributed by atoms with E-state index in [-0.39, 0.29) is 0 Å². The Balaban J connectivity index is 1.93. The van der Waals surface area contributed by atoms with E-state index in [1.807, 2.05) is 0 Å². The molecule has 68 valence electrons. The van der Waals surface area contributed by atoms with Crippen molar-refractivity contribution in [2.45, 2.75) is 25.7 Å². The number of hydrogen-bond donors (Lipinski definition) is 2. The molecule has 0 aliphatic heterocycles. The van der Waals surface area contributed by atoms with E-state index in [2.05, 4.69) is 0 Å². The van der Waals surface area contributed by atoms with Gasteiger partial charge >= 0.3 is 5.97 Å². The molecule has 0 aromatic rings. The summed E-state index contributed by atoms with van der Waals surface area (Å²) < 4.78 is 0. The van der Waals surface area contributed by atoms with E-state index in [1.165, 1.54) is 12.8 Å². The van der Waals surface area contributed by atoms with Crippen LogP contribution in [0.5, 0.6) is 0 Å². The van der Waals surface area contributed by atoms with Crippen LogP contribution in [0.15, 0.2) is 0 Å². The summed E-state index contributed by atoms with van der Waals surface area (Å²) >= 11 is 0. The lowest BCUT2D eigenvalue weighted by atomic mass is 9.60. The Hall–Kier alpha value is -0.570. The second kappa shape index (κ2) is 2.46. The summed E-state index contributed by atoms with van der Waals surface area (Å²) in [7, 11) is 0. The van der Waals surface area contributed by atoms with Gasteiger partial charge in [-0.2, -0.15) is 0 Å². The highest BCUT2D eigenvalue weighted by Crippen LogP contribution is 2.55. The average Bonchev–Trinajstić information content (AvgIpc) is 2.68. The zero-order valence-corrected chi connectivity index (χ0v) is 7.12. The molecule has 0 radical (unpaired) electrons. The van der Waals surface area contributed by atoms with Crippen molar-refractivity contribution >= 4 is 5.97 Å². The summed E-state index contributed by atoms with van der Waals surface area (Å²) in [5.74, 6) is 0.815. The molecule has 2 aliphatic carbocycles. The minimum atomic E-state index is -0.693. The molecule has 12 heavy (non-hydrogen) atoms. The van der Waals surface area contributed by atoms with Crippen molar-refractivity contribution in [2.24, 2.45) is 23.0 Å². The molecule has 0 heterocycles. The topological polar surface area (TPSA) is 63.3 Å². The van der Waals surface area contributed by atoms with Crippen LogP contribution in [0.1, 0.15) is 25.7 Å². The van der Waals surface area contributed by atoms with Gasteiger partial charge in [0, 0.05) is 6.54 Å². The molecule has 3 N–H and O–H groups in total.